The summed E-state index contributed by atoms with van der Waals surface area (Å²) in [6.45, 7) is 2.04. The van der Waals surface area contributed by atoms with Crippen molar-refractivity contribution in [1.82, 2.24) is 0 Å². The first-order valence-electron chi connectivity index (χ1n) is 6.98. The molecule has 1 heterocycles. The summed E-state index contributed by atoms with van der Waals surface area (Å²) in [5.41, 5.74) is 2.15. The third kappa shape index (κ3) is 3.27. The van der Waals surface area contributed by atoms with E-state index in [0.717, 1.165) is 17.2 Å². The van der Waals surface area contributed by atoms with E-state index in [1.807, 2.05) is 6.92 Å². The minimum atomic E-state index is -0.436. The van der Waals surface area contributed by atoms with Gasteiger partial charge in [0.05, 0.1) is 0 Å². The van der Waals surface area contributed by atoms with Crippen molar-refractivity contribution in [3.05, 3.63) is 74.6 Å². The van der Waals surface area contributed by atoms with Crippen LogP contribution in [0.4, 0.5) is 0 Å². The van der Waals surface area contributed by atoms with E-state index in [4.69, 9.17) is 20.8 Å². The maximum Gasteiger partial charge on any atom is 0.336 e. The Kier molecular flexibility index (Phi) is 4.17. The second-order valence-corrected chi connectivity index (χ2v) is 5.57. The third-order valence-electron chi connectivity index (χ3n) is 3.52. The van der Waals surface area contributed by atoms with E-state index < -0.39 is 5.63 Å². The zero-order valence-corrected chi connectivity index (χ0v) is 13.1. The van der Waals surface area contributed by atoms with E-state index in [1.54, 1.807) is 36.4 Å². The number of hydrogen-bond acceptors (Lipinski definition) is 4. The van der Waals surface area contributed by atoms with Crippen LogP contribution in [0.3, 0.4) is 0 Å². The summed E-state index contributed by atoms with van der Waals surface area (Å²) in [6, 6.07) is 11.6. The molecule has 23 heavy (non-hydrogen) atoms. The average molecular weight is 329 g/mol. The topological polar surface area (TPSA) is 56.5 Å². The van der Waals surface area contributed by atoms with Crippen molar-refractivity contribution in [3.8, 4) is 5.75 Å². The lowest BCUT2D eigenvalue weighted by molar-refractivity contribution is 0.112. The molecule has 0 aliphatic carbocycles. The molecule has 0 unspecified atom stereocenters. The fraction of sp³-hybridized carbons (Fsp3) is 0.111. The van der Waals surface area contributed by atoms with Gasteiger partial charge in [-0.15, -0.1) is 0 Å². The highest BCUT2D eigenvalue weighted by molar-refractivity contribution is 6.32. The van der Waals surface area contributed by atoms with Gasteiger partial charge >= 0.3 is 5.63 Å². The highest BCUT2D eigenvalue weighted by Crippen LogP contribution is 2.26. The summed E-state index contributed by atoms with van der Waals surface area (Å²) in [4.78, 5) is 22.3. The monoisotopic (exact) mass is 328 g/mol. The molecule has 0 N–H and O–H groups in total. The van der Waals surface area contributed by atoms with E-state index in [1.165, 1.54) is 6.07 Å². The van der Waals surface area contributed by atoms with Crippen LogP contribution in [0.25, 0.3) is 11.0 Å². The Balaban J connectivity index is 1.93. The van der Waals surface area contributed by atoms with Crippen molar-refractivity contribution in [2.45, 2.75) is 13.5 Å². The molecule has 0 atom stereocenters. The molecule has 3 aromatic rings. The van der Waals surface area contributed by atoms with Gasteiger partial charge in [-0.2, -0.15) is 0 Å². The van der Waals surface area contributed by atoms with Gasteiger partial charge < -0.3 is 9.15 Å². The number of aryl methyl sites for hydroxylation is 1. The first-order chi connectivity index (χ1) is 11.1. The summed E-state index contributed by atoms with van der Waals surface area (Å²) >= 11 is 6.16. The molecule has 0 bridgehead atoms. The Morgan fingerprint density at radius 3 is 2.61 bits per heavy atom. The van der Waals surface area contributed by atoms with Crippen molar-refractivity contribution in [3.63, 3.8) is 0 Å². The second kappa shape index (κ2) is 6.26. The third-order valence-corrected chi connectivity index (χ3v) is 3.93. The lowest BCUT2D eigenvalue weighted by Crippen LogP contribution is -2.04. The molecule has 0 aliphatic heterocycles. The summed E-state index contributed by atoms with van der Waals surface area (Å²) in [5, 5.41) is 1.34. The van der Waals surface area contributed by atoms with Gasteiger partial charge in [-0.05, 0) is 48.9 Å². The quantitative estimate of drug-likeness (QED) is 0.533. The molecule has 0 spiro atoms. The molecule has 3 rings (SSSR count). The Labute approximate surface area is 137 Å². The van der Waals surface area contributed by atoms with Crippen molar-refractivity contribution < 1.29 is 13.9 Å². The van der Waals surface area contributed by atoms with Crippen LogP contribution in [-0.4, -0.2) is 6.29 Å². The van der Waals surface area contributed by atoms with Gasteiger partial charge in [0.15, 0.2) is 0 Å². The average Bonchev–Trinajstić information content (AvgIpc) is 2.55. The number of fused-ring (bicyclic) bond motifs is 1. The van der Waals surface area contributed by atoms with Gasteiger partial charge in [0, 0.05) is 27.6 Å². The number of rotatable bonds is 4. The Morgan fingerprint density at radius 2 is 1.91 bits per heavy atom. The second-order valence-electron chi connectivity index (χ2n) is 5.16. The van der Waals surface area contributed by atoms with Crippen molar-refractivity contribution in [2.24, 2.45) is 0 Å². The lowest BCUT2D eigenvalue weighted by atomic mass is 10.1. The molecule has 0 saturated carbocycles. The Hall–Kier alpha value is -2.59. The van der Waals surface area contributed by atoms with E-state index in [-0.39, 0.29) is 6.61 Å². The fourth-order valence-corrected chi connectivity index (χ4v) is 2.44. The first-order valence-corrected chi connectivity index (χ1v) is 7.35. The van der Waals surface area contributed by atoms with Crippen LogP contribution in [0, 0.1) is 6.92 Å². The maximum absolute atomic E-state index is 11.7. The molecular weight excluding hydrogens is 316 g/mol. The van der Waals surface area contributed by atoms with Crippen molar-refractivity contribution in [2.75, 3.05) is 0 Å². The molecule has 5 heteroatoms. The van der Waals surface area contributed by atoms with Gasteiger partial charge in [-0.3, -0.25) is 4.79 Å². The molecule has 1 aromatic heterocycles. The first kappa shape index (κ1) is 15.3. The van der Waals surface area contributed by atoms with Crippen LogP contribution in [0.2, 0.25) is 5.02 Å². The molecular formula is C18H13ClO4. The minimum Gasteiger partial charge on any atom is -0.489 e. The molecule has 0 saturated heterocycles. The summed E-state index contributed by atoms with van der Waals surface area (Å²) in [5.74, 6) is 0.607. The summed E-state index contributed by atoms with van der Waals surface area (Å²) in [7, 11) is 0. The molecule has 0 aliphatic rings. The van der Waals surface area contributed by atoms with Crippen LogP contribution in [-0.2, 0) is 6.61 Å². The number of aldehydes is 1. The Bertz CT molecular complexity index is 926. The van der Waals surface area contributed by atoms with Gasteiger partial charge in [-0.1, -0.05) is 11.6 Å². The van der Waals surface area contributed by atoms with Gasteiger partial charge in [-0.25, -0.2) is 4.79 Å². The molecule has 116 valence electrons. The predicted molar refractivity (Wildman–Crippen MR) is 88.4 cm³/mol. The lowest BCUT2D eigenvalue weighted by Gasteiger charge is -2.09. The number of hydrogen-bond donors (Lipinski definition) is 0. The number of carbonyl (C=O) groups excluding carboxylic acids is 1. The van der Waals surface area contributed by atoms with Crippen LogP contribution >= 0.6 is 11.6 Å². The SMILES string of the molecule is Cc1cc2oc(=O)cc(COc3ccc(C=O)cc3)c2cc1Cl. The highest BCUT2D eigenvalue weighted by atomic mass is 35.5. The normalized spacial score (nSPS) is 10.7. The molecule has 2 aromatic carbocycles. The zero-order valence-electron chi connectivity index (χ0n) is 12.3. The fourth-order valence-electron chi connectivity index (χ4n) is 2.27. The van der Waals surface area contributed by atoms with Gasteiger partial charge in [0.25, 0.3) is 0 Å². The van der Waals surface area contributed by atoms with Crippen LogP contribution in [0.15, 0.2) is 51.7 Å². The zero-order chi connectivity index (χ0) is 16.4. The largest absolute Gasteiger partial charge is 0.489 e. The minimum absolute atomic E-state index is 0.196. The molecule has 0 radical (unpaired) electrons. The Morgan fingerprint density at radius 1 is 1.17 bits per heavy atom. The summed E-state index contributed by atoms with van der Waals surface area (Å²) in [6.07, 6.45) is 0.768. The molecule has 0 amide bonds. The van der Waals surface area contributed by atoms with E-state index in [9.17, 15) is 9.59 Å². The number of carbonyl (C=O) groups is 1. The maximum atomic E-state index is 11.7. The van der Waals surface area contributed by atoms with Crippen molar-refractivity contribution >= 4 is 28.9 Å². The van der Waals surface area contributed by atoms with E-state index in [0.29, 0.717) is 27.5 Å². The highest BCUT2D eigenvalue weighted by Gasteiger charge is 2.09. The van der Waals surface area contributed by atoms with Gasteiger partial charge in [0.2, 0.25) is 0 Å². The smallest absolute Gasteiger partial charge is 0.336 e. The van der Waals surface area contributed by atoms with E-state index in [2.05, 4.69) is 0 Å². The van der Waals surface area contributed by atoms with Gasteiger partial charge in [0.1, 0.15) is 24.2 Å². The van der Waals surface area contributed by atoms with E-state index >= 15 is 0 Å². The predicted octanol–water partition coefficient (Wildman–Crippen LogP) is 4.15. The summed E-state index contributed by atoms with van der Waals surface area (Å²) < 4.78 is 10.9. The number of halogens is 1. The van der Waals surface area contributed by atoms with Crippen LogP contribution < -0.4 is 10.4 Å². The van der Waals surface area contributed by atoms with Crippen LogP contribution in [0.1, 0.15) is 21.5 Å². The van der Waals surface area contributed by atoms with Crippen molar-refractivity contribution in [1.29, 1.82) is 0 Å². The standard InChI is InChI=1S/C18H13ClO4/c1-11-6-17-15(8-16(11)19)13(7-18(21)23-17)10-22-14-4-2-12(9-20)3-5-14/h2-9H,10H2,1H3. The molecule has 0 fully saturated rings. The molecule has 4 nitrogen and oxygen atoms in total. The number of benzene rings is 2. The van der Waals surface area contributed by atoms with Crippen LogP contribution in [0.5, 0.6) is 5.75 Å². The number of ether oxygens (including phenoxy) is 1.